The first-order chi connectivity index (χ1) is 6.84. The van der Waals surface area contributed by atoms with Gasteiger partial charge in [0, 0.05) is 5.39 Å². The molecule has 2 heteroatoms. The SMILES string of the molecule is C=C1Nc2ccc3ccccc3c2N1. The van der Waals surface area contributed by atoms with Crippen LogP contribution in [0.1, 0.15) is 0 Å². The number of hydrogen-bond acceptors (Lipinski definition) is 2. The van der Waals surface area contributed by atoms with Crippen LogP contribution >= 0.6 is 0 Å². The molecule has 0 atom stereocenters. The highest BCUT2D eigenvalue weighted by Gasteiger charge is 2.14. The van der Waals surface area contributed by atoms with Crippen molar-refractivity contribution in [3.8, 4) is 0 Å². The Kier molecular flexibility index (Phi) is 1.34. The summed E-state index contributed by atoms with van der Waals surface area (Å²) in [6.45, 7) is 3.85. The van der Waals surface area contributed by atoms with E-state index in [9.17, 15) is 0 Å². The molecule has 2 N–H and O–H groups in total. The van der Waals surface area contributed by atoms with Crippen LogP contribution in [0.3, 0.4) is 0 Å². The smallest absolute Gasteiger partial charge is 0.100 e. The first-order valence-electron chi connectivity index (χ1n) is 4.59. The summed E-state index contributed by atoms with van der Waals surface area (Å²) in [5, 5.41) is 8.90. The number of fused-ring (bicyclic) bond motifs is 3. The number of nitrogens with one attached hydrogen (secondary N) is 2. The van der Waals surface area contributed by atoms with Gasteiger partial charge >= 0.3 is 0 Å². The van der Waals surface area contributed by atoms with Gasteiger partial charge in [0.2, 0.25) is 0 Å². The van der Waals surface area contributed by atoms with Gasteiger partial charge in [0.25, 0.3) is 0 Å². The van der Waals surface area contributed by atoms with Crippen molar-refractivity contribution in [2.75, 3.05) is 10.6 Å². The van der Waals surface area contributed by atoms with Gasteiger partial charge in [-0.05, 0) is 11.5 Å². The van der Waals surface area contributed by atoms with Crippen molar-refractivity contribution >= 4 is 22.1 Å². The van der Waals surface area contributed by atoms with Gasteiger partial charge in [0.05, 0.1) is 11.4 Å². The zero-order valence-electron chi connectivity index (χ0n) is 7.67. The lowest BCUT2D eigenvalue weighted by atomic mass is 10.1. The number of anilines is 2. The quantitative estimate of drug-likeness (QED) is 0.654. The second-order valence-corrected chi connectivity index (χ2v) is 3.44. The van der Waals surface area contributed by atoms with E-state index in [-0.39, 0.29) is 0 Å². The molecule has 2 aromatic carbocycles. The molecule has 0 bridgehead atoms. The van der Waals surface area contributed by atoms with E-state index in [2.05, 4.69) is 41.5 Å². The average Bonchev–Trinajstić information content (AvgIpc) is 2.59. The summed E-state index contributed by atoms with van der Waals surface area (Å²) in [7, 11) is 0. The average molecular weight is 182 g/mol. The van der Waals surface area contributed by atoms with Crippen LogP contribution in [0.5, 0.6) is 0 Å². The van der Waals surface area contributed by atoms with Gasteiger partial charge in [0.15, 0.2) is 0 Å². The fourth-order valence-corrected chi connectivity index (χ4v) is 1.86. The summed E-state index contributed by atoms with van der Waals surface area (Å²) in [6.07, 6.45) is 0. The minimum atomic E-state index is 0.844. The van der Waals surface area contributed by atoms with E-state index in [1.165, 1.54) is 10.8 Å². The van der Waals surface area contributed by atoms with Crippen molar-refractivity contribution in [2.24, 2.45) is 0 Å². The summed E-state index contributed by atoms with van der Waals surface area (Å²) in [6, 6.07) is 12.5. The molecule has 1 aliphatic rings. The minimum Gasteiger partial charge on any atom is -0.341 e. The Bertz CT molecular complexity index is 529. The van der Waals surface area contributed by atoms with Crippen LogP contribution in [0, 0.1) is 0 Å². The van der Waals surface area contributed by atoms with Gasteiger partial charge in [-0.25, -0.2) is 0 Å². The summed E-state index contributed by atoms with van der Waals surface area (Å²) < 4.78 is 0. The highest BCUT2D eigenvalue weighted by Crippen LogP contribution is 2.36. The molecule has 0 saturated carbocycles. The van der Waals surface area contributed by atoms with E-state index in [0.29, 0.717) is 0 Å². The molecule has 0 unspecified atom stereocenters. The van der Waals surface area contributed by atoms with Gasteiger partial charge in [-0.2, -0.15) is 0 Å². The lowest BCUT2D eigenvalue weighted by molar-refractivity contribution is 1.52. The van der Waals surface area contributed by atoms with Crippen LogP contribution in [0.15, 0.2) is 48.8 Å². The van der Waals surface area contributed by atoms with Crippen LogP contribution in [0.25, 0.3) is 10.8 Å². The molecule has 68 valence electrons. The van der Waals surface area contributed by atoms with Crippen LogP contribution in [-0.2, 0) is 0 Å². The van der Waals surface area contributed by atoms with Gasteiger partial charge < -0.3 is 10.6 Å². The highest BCUT2D eigenvalue weighted by molar-refractivity contribution is 6.03. The Hall–Kier alpha value is -1.96. The van der Waals surface area contributed by atoms with Gasteiger partial charge in [-0.1, -0.05) is 36.9 Å². The molecule has 0 aromatic heterocycles. The summed E-state index contributed by atoms with van der Waals surface area (Å²) in [4.78, 5) is 0. The maximum absolute atomic E-state index is 3.85. The first kappa shape index (κ1) is 7.44. The number of hydrogen-bond donors (Lipinski definition) is 2. The minimum absolute atomic E-state index is 0.844. The van der Waals surface area contributed by atoms with Crippen molar-refractivity contribution in [2.45, 2.75) is 0 Å². The summed E-state index contributed by atoms with van der Waals surface area (Å²) >= 11 is 0. The van der Waals surface area contributed by atoms with E-state index in [1.54, 1.807) is 0 Å². The second-order valence-electron chi connectivity index (χ2n) is 3.44. The normalized spacial score (nSPS) is 13.6. The third-order valence-corrected chi connectivity index (χ3v) is 2.49. The van der Waals surface area contributed by atoms with E-state index in [4.69, 9.17) is 0 Å². The van der Waals surface area contributed by atoms with Gasteiger partial charge in [-0.3, -0.25) is 0 Å². The van der Waals surface area contributed by atoms with Crippen molar-refractivity contribution in [3.63, 3.8) is 0 Å². The van der Waals surface area contributed by atoms with Crippen LogP contribution in [0.4, 0.5) is 11.4 Å². The molecule has 1 heterocycles. The molecular formula is C12H10N2. The Morgan fingerprint density at radius 2 is 1.79 bits per heavy atom. The molecule has 14 heavy (non-hydrogen) atoms. The molecule has 0 aliphatic carbocycles. The van der Waals surface area contributed by atoms with Crippen molar-refractivity contribution in [1.82, 2.24) is 0 Å². The van der Waals surface area contributed by atoms with Gasteiger partial charge in [-0.15, -0.1) is 0 Å². The largest absolute Gasteiger partial charge is 0.341 e. The summed E-state index contributed by atoms with van der Waals surface area (Å²) in [5.41, 5.74) is 2.24. The molecule has 2 nitrogen and oxygen atoms in total. The standard InChI is InChI=1S/C12H10N2/c1-8-13-11-7-6-9-4-2-3-5-10(9)12(11)14-8/h2-7,13-14H,1H2. The molecule has 0 radical (unpaired) electrons. The summed E-state index contributed by atoms with van der Waals surface area (Å²) in [5.74, 6) is 0.844. The predicted octanol–water partition coefficient (Wildman–Crippen LogP) is 3.15. The van der Waals surface area contributed by atoms with Crippen LogP contribution in [-0.4, -0.2) is 0 Å². The Balaban J connectivity index is 2.39. The lowest BCUT2D eigenvalue weighted by Crippen LogP contribution is -1.94. The Morgan fingerprint density at radius 1 is 0.929 bits per heavy atom. The fourth-order valence-electron chi connectivity index (χ4n) is 1.86. The lowest BCUT2D eigenvalue weighted by Gasteiger charge is -2.03. The van der Waals surface area contributed by atoms with E-state index in [0.717, 1.165) is 17.2 Å². The topological polar surface area (TPSA) is 24.1 Å². The van der Waals surface area contributed by atoms with E-state index < -0.39 is 0 Å². The maximum Gasteiger partial charge on any atom is 0.100 e. The number of rotatable bonds is 0. The molecule has 0 saturated heterocycles. The van der Waals surface area contributed by atoms with E-state index >= 15 is 0 Å². The highest BCUT2D eigenvalue weighted by atomic mass is 15.2. The van der Waals surface area contributed by atoms with Crippen LogP contribution in [0.2, 0.25) is 0 Å². The zero-order chi connectivity index (χ0) is 9.54. The predicted molar refractivity (Wildman–Crippen MR) is 60.3 cm³/mol. The molecule has 3 rings (SSSR count). The Labute approximate surface area is 82.2 Å². The molecular weight excluding hydrogens is 172 g/mol. The van der Waals surface area contributed by atoms with Crippen molar-refractivity contribution in [3.05, 3.63) is 48.8 Å². The van der Waals surface area contributed by atoms with Gasteiger partial charge in [0.1, 0.15) is 5.82 Å². The zero-order valence-corrected chi connectivity index (χ0v) is 7.67. The van der Waals surface area contributed by atoms with Crippen LogP contribution < -0.4 is 10.6 Å². The third-order valence-electron chi connectivity index (χ3n) is 2.49. The fraction of sp³-hybridized carbons (Fsp3) is 0. The monoisotopic (exact) mass is 182 g/mol. The molecule has 0 spiro atoms. The second kappa shape index (κ2) is 2.51. The Morgan fingerprint density at radius 3 is 2.71 bits per heavy atom. The first-order valence-corrected chi connectivity index (χ1v) is 4.59. The molecule has 2 aromatic rings. The van der Waals surface area contributed by atoms with E-state index in [1.807, 2.05) is 12.1 Å². The molecule has 1 aliphatic heterocycles. The third kappa shape index (κ3) is 0.909. The molecule has 0 amide bonds. The number of benzene rings is 2. The van der Waals surface area contributed by atoms with Crippen molar-refractivity contribution in [1.29, 1.82) is 0 Å². The molecule has 0 fully saturated rings. The van der Waals surface area contributed by atoms with Crippen molar-refractivity contribution < 1.29 is 0 Å². The maximum atomic E-state index is 3.85.